The van der Waals surface area contributed by atoms with Crippen LogP contribution < -0.4 is 10.6 Å². The van der Waals surface area contributed by atoms with E-state index in [1.807, 2.05) is 37.3 Å². The summed E-state index contributed by atoms with van der Waals surface area (Å²) in [5.41, 5.74) is 1.01. The van der Waals surface area contributed by atoms with Crippen molar-refractivity contribution in [2.75, 3.05) is 11.9 Å². The first kappa shape index (κ1) is 21.3. The van der Waals surface area contributed by atoms with Crippen LogP contribution in [0.1, 0.15) is 43.5 Å². The molecule has 2 aromatic carbocycles. The molecular weight excluding hydrogens is 380 g/mol. The van der Waals surface area contributed by atoms with E-state index in [1.54, 1.807) is 18.2 Å². The Bertz CT molecular complexity index is 765. The molecule has 0 heterocycles. The molecule has 2 aromatic rings. The van der Waals surface area contributed by atoms with Crippen LogP contribution in [0, 0.1) is 0 Å². The number of anilines is 1. The fraction of sp³-hybridized carbons (Fsp3) is 0.333. The Morgan fingerprint density at radius 2 is 1.78 bits per heavy atom. The molecule has 4 nitrogen and oxygen atoms in total. The summed E-state index contributed by atoms with van der Waals surface area (Å²) >= 11 is 7.40. The zero-order chi connectivity index (χ0) is 19.6. The van der Waals surface area contributed by atoms with Gasteiger partial charge in [-0.25, -0.2) is 0 Å². The highest BCUT2D eigenvalue weighted by atomic mass is 35.5. The largest absolute Gasteiger partial charge is 0.352 e. The Hall–Kier alpha value is -1.98. The number of halogens is 1. The van der Waals surface area contributed by atoms with Gasteiger partial charge in [-0.2, -0.15) is 0 Å². The summed E-state index contributed by atoms with van der Waals surface area (Å²) in [6, 6.07) is 14.5. The highest BCUT2D eigenvalue weighted by Crippen LogP contribution is 2.28. The van der Waals surface area contributed by atoms with Crippen LogP contribution in [0.3, 0.4) is 0 Å². The molecule has 144 valence electrons. The van der Waals surface area contributed by atoms with E-state index in [4.69, 9.17) is 11.6 Å². The smallest absolute Gasteiger partial charge is 0.253 e. The molecule has 2 rings (SSSR count). The van der Waals surface area contributed by atoms with Gasteiger partial charge in [0.05, 0.1) is 16.5 Å². The van der Waals surface area contributed by atoms with Crippen molar-refractivity contribution in [2.45, 2.75) is 43.3 Å². The Labute approximate surface area is 170 Å². The van der Waals surface area contributed by atoms with Crippen LogP contribution in [0.15, 0.2) is 53.4 Å². The van der Waals surface area contributed by atoms with Crippen molar-refractivity contribution in [2.24, 2.45) is 0 Å². The normalized spacial score (nSPS) is 11.7. The van der Waals surface area contributed by atoms with Crippen molar-refractivity contribution in [1.29, 1.82) is 0 Å². The monoisotopic (exact) mass is 404 g/mol. The molecule has 0 saturated carbocycles. The van der Waals surface area contributed by atoms with Crippen LogP contribution in [-0.4, -0.2) is 23.6 Å². The summed E-state index contributed by atoms with van der Waals surface area (Å²) in [6.07, 6.45) is 2.61. The number of hydrogen-bond donors (Lipinski definition) is 2. The van der Waals surface area contributed by atoms with Gasteiger partial charge in [0.15, 0.2) is 0 Å². The minimum atomic E-state index is -0.262. The SMILES string of the molecule is CCCCNC(=O)c1ccccc1NC(=O)[C@H](CC)Sc1ccc(Cl)cc1. The van der Waals surface area contributed by atoms with Gasteiger partial charge in [0, 0.05) is 16.5 Å². The van der Waals surface area contributed by atoms with Gasteiger partial charge in [-0.3, -0.25) is 9.59 Å². The summed E-state index contributed by atoms with van der Waals surface area (Å²) < 4.78 is 0. The van der Waals surface area contributed by atoms with Gasteiger partial charge in [-0.1, -0.05) is 44.0 Å². The first-order valence-electron chi connectivity index (χ1n) is 9.15. The van der Waals surface area contributed by atoms with Crippen LogP contribution in [0.5, 0.6) is 0 Å². The molecule has 0 unspecified atom stereocenters. The lowest BCUT2D eigenvalue weighted by atomic mass is 10.1. The average Bonchev–Trinajstić information content (AvgIpc) is 2.68. The van der Waals surface area contributed by atoms with Crippen molar-refractivity contribution >= 4 is 40.9 Å². The minimum Gasteiger partial charge on any atom is -0.352 e. The first-order chi connectivity index (χ1) is 13.0. The van der Waals surface area contributed by atoms with Crippen LogP contribution in [0.25, 0.3) is 0 Å². The molecule has 0 aromatic heterocycles. The Morgan fingerprint density at radius 1 is 1.07 bits per heavy atom. The second-order valence-corrected chi connectivity index (χ2v) is 7.83. The molecule has 0 aliphatic heterocycles. The van der Waals surface area contributed by atoms with Crippen molar-refractivity contribution < 1.29 is 9.59 Å². The van der Waals surface area contributed by atoms with Crippen LogP contribution in [-0.2, 0) is 4.79 Å². The van der Waals surface area contributed by atoms with Gasteiger partial charge in [0.2, 0.25) is 5.91 Å². The van der Waals surface area contributed by atoms with Gasteiger partial charge in [0.1, 0.15) is 0 Å². The first-order valence-corrected chi connectivity index (χ1v) is 10.4. The van der Waals surface area contributed by atoms with Crippen LogP contribution in [0.2, 0.25) is 5.02 Å². The lowest BCUT2D eigenvalue weighted by Crippen LogP contribution is -2.28. The Balaban J connectivity index is 2.07. The average molecular weight is 405 g/mol. The van der Waals surface area contributed by atoms with E-state index in [0.29, 0.717) is 29.2 Å². The molecule has 0 saturated heterocycles. The van der Waals surface area contributed by atoms with E-state index in [0.717, 1.165) is 17.7 Å². The summed E-state index contributed by atoms with van der Waals surface area (Å²) in [7, 11) is 0. The summed E-state index contributed by atoms with van der Waals surface area (Å²) in [6.45, 7) is 4.67. The third-order valence-corrected chi connectivity index (χ3v) is 5.63. The van der Waals surface area contributed by atoms with Crippen molar-refractivity contribution in [3.63, 3.8) is 0 Å². The van der Waals surface area contributed by atoms with Crippen LogP contribution >= 0.6 is 23.4 Å². The summed E-state index contributed by atoms with van der Waals surface area (Å²) in [5, 5.41) is 6.22. The van der Waals surface area contributed by atoms with Gasteiger partial charge in [0.25, 0.3) is 5.91 Å². The second-order valence-electron chi connectivity index (χ2n) is 6.11. The second kappa shape index (κ2) is 11.0. The molecule has 0 radical (unpaired) electrons. The standard InChI is InChI=1S/C21H25ClN2O2S/c1-3-5-14-23-20(25)17-8-6-7-9-18(17)24-21(26)19(4-2)27-16-12-10-15(22)11-13-16/h6-13,19H,3-5,14H2,1-2H3,(H,23,25)(H,24,26)/t19-/m0/s1. The minimum absolute atomic E-state index is 0.119. The third-order valence-electron chi connectivity index (χ3n) is 4.00. The van der Waals surface area contributed by atoms with E-state index in [1.165, 1.54) is 11.8 Å². The zero-order valence-electron chi connectivity index (χ0n) is 15.6. The number of amides is 2. The van der Waals surface area contributed by atoms with E-state index >= 15 is 0 Å². The third kappa shape index (κ3) is 6.60. The molecule has 1 atom stereocenters. The molecule has 0 spiro atoms. The Morgan fingerprint density at radius 3 is 2.44 bits per heavy atom. The maximum absolute atomic E-state index is 12.8. The number of hydrogen-bond acceptors (Lipinski definition) is 3. The molecule has 0 bridgehead atoms. The van der Waals surface area contributed by atoms with Gasteiger partial charge in [-0.15, -0.1) is 11.8 Å². The molecule has 0 fully saturated rings. The zero-order valence-corrected chi connectivity index (χ0v) is 17.2. The van der Waals surface area contributed by atoms with Crippen molar-refractivity contribution in [3.8, 4) is 0 Å². The molecule has 6 heteroatoms. The van der Waals surface area contributed by atoms with E-state index < -0.39 is 0 Å². The maximum Gasteiger partial charge on any atom is 0.253 e. The quantitative estimate of drug-likeness (QED) is 0.435. The highest BCUT2D eigenvalue weighted by molar-refractivity contribution is 8.00. The summed E-state index contributed by atoms with van der Waals surface area (Å²) in [4.78, 5) is 26.1. The number of nitrogens with one attached hydrogen (secondary N) is 2. The number of unbranched alkanes of at least 4 members (excludes halogenated alkanes) is 1. The number of carbonyl (C=O) groups excluding carboxylic acids is 2. The molecule has 2 N–H and O–H groups in total. The fourth-order valence-corrected chi connectivity index (χ4v) is 3.56. The van der Waals surface area contributed by atoms with Gasteiger partial charge < -0.3 is 10.6 Å². The molecule has 0 aliphatic rings. The molecular formula is C21H25ClN2O2S. The van der Waals surface area contributed by atoms with Gasteiger partial charge in [-0.05, 0) is 49.2 Å². The van der Waals surface area contributed by atoms with Crippen LogP contribution in [0.4, 0.5) is 5.69 Å². The van der Waals surface area contributed by atoms with E-state index in [9.17, 15) is 9.59 Å². The fourth-order valence-electron chi connectivity index (χ4n) is 2.48. The maximum atomic E-state index is 12.8. The van der Waals surface area contributed by atoms with Crippen molar-refractivity contribution in [1.82, 2.24) is 5.32 Å². The van der Waals surface area contributed by atoms with Gasteiger partial charge >= 0.3 is 0 Å². The Kier molecular flexibility index (Phi) is 8.69. The number of carbonyl (C=O) groups is 2. The number of rotatable bonds is 9. The van der Waals surface area contributed by atoms with Crippen molar-refractivity contribution in [3.05, 3.63) is 59.1 Å². The predicted octanol–water partition coefficient (Wildman–Crippen LogP) is 5.38. The number of benzene rings is 2. The highest BCUT2D eigenvalue weighted by Gasteiger charge is 2.20. The molecule has 0 aliphatic carbocycles. The van der Waals surface area contributed by atoms with E-state index in [-0.39, 0.29) is 17.1 Å². The lowest BCUT2D eigenvalue weighted by molar-refractivity contribution is -0.115. The lowest BCUT2D eigenvalue weighted by Gasteiger charge is -2.16. The number of thioether (sulfide) groups is 1. The predicted molar refractivity (Wildman–Crippen MR) is 114 cm³/mol. The summed E-state index contributed by atoms with van der Waals surface area (Å²) in [5.74, 6) is -0.288. The number of para-hydroxylation sites is 1. The topological polar surface area (TPSA) is 58.2 Å². The molecule has 27 heavy (non-hydrogen) atoms. The molecule has 2 amide bonds. The van der Waals surface area contributed by atoms with E-state index in [2.05, 4.69) is 17.6 Å².